The van der Waals surface area contributed by atoms with Crippen LogP contribution in [0.1, 0.15) is 489 Å². The first kappa shape index (κ1) is 92.1. The van der Waals surface area contributed by atoms with Gasteiger partial charge in [0.25, 0.3) is 0 Å². The van der Waals surface area contributed by atoms with E-state index < -0.39 is 12.1 Å². The second kappa shape index (κ2) is 83.5. The molecule has 0 saturated carbocycles. The van der Waals surface area contributed by atoms with Crippen molar-refractivity contribution in [1.29, 1.82) is 0 Å². The number of aliphatic hydroxyl groups excluding tert-OH is 2. The molecule has 0 aliphatic carbocycles. The SMILES string of the molecule is CCCCCCCCCCCCCCCCCCCCC/C=C/C(O)C(CO)NC(=O)CCCCCCCCCCCCCCCCCCC/C=C\C/C=C\CCCCCCCCCCCCCCCOC(=O)CCCCCCCCCCCCCCCCCCCCC. The number of unbranched alkanes of at least 4 members (excludes halogenated alkanes) is 67. The Morgan fingerprint density at radius 2 is 0.532 bits per heavy atom. The van der Waals surface area contributed by atoms with Crippen molar-refractivity contribution in [3.8, 4) is 0 Å². The molecule has 556 valence electrons. The third-order valence-electron chi connectivity index (χ3n) is 20.4. The molecular weight excluding hydrogens is 1150 g/mol. The fraction of sp³-hybridized carbons (Fsp3) is 0.909. The van der Waals surface area contributed by atoms with Crippen LogP contribution in [0.3, 0.4) is 0 Å². The number of amides is 1. The van der Waals surface area contributed by atoms with E-state index in [1.165, 1.54) is 417 Å². The number of esters is 1. The molecule has 0 fully saturated rings. The molecule has 0 aromatic carbocycles. The lowest BCUT2D eigenvalue weighted by atomic mass is 10.0. The Bertz CT molecular complexity index is 1520. The molecule has 0 rings (SSSR count). The largest absolute Gasteiger partial charge is 0.466 e. The zero-order valence-corrected chi connectivity index (χ0v) is 64.0. The van der Waals surface area contributed by atoms with Gasteiger partial charge in [0.05, 0.1) is 25.4 Å². The molecule has 2 atom stereocenters. The number of nitrogens with one attached hydrogen (secondary N) is 1. The second-order valence-corrected chi connectivity index (χ2v) is 29.9. The second-order valence-electron chi connectivity index (χ2n) is 29.9. The predicted octanol–water partition coefficient (Wildman–Crippen LogP) is 28.9. The highest BCUT2D eigenvalue weighted by atomic mass is 16.5. The zero-order chi connectivity index (χ0) is 67.7. The van der Waals surface area contributed by atoms with E-state index in [0.29, 0.717) is 19.4 Å². The van der Waals surface area contributed by atoms with Gasteiger partial charge in [-0.3, -0.25) is 9.59 Å². The first-order valence-electron chi connectivity index (χ1n) is 43.3. The molecule has 0 saturated heterocycles. The van der Waals surface area contributed by atoms with Gasteiger partial charge < -0.3 is 20.3 Å². The van der Waals surface area contributed by atoms with Crippen molar-refractivity contribution >= 4 is 11.9 Å². The molecule has 94 heavy (non-hydrogen) atoms. The summed E-state index contributed by atoms with van der Waals surface area (Å²) in [4.78, 5) is 24.7. The number of carbonyl (C=O) groups excluding carboxylic acids is 2. The minimum atomic E-state index is -0.844. The van der Waals surface area contributed by atoms with E-state index in [9.17, 15) is 19.8 Å². The van der Waals surface area contributed by atoms with Crippen molar-refractivity contribution in [3.05, 3.63) is 36.5 Å². The number of aliphatic hydroxyl groups is 2. The normalized spacial score (nSPS) is 12.6. The Morgan fingerprint density at radius 1 is 0.298 bits per heavy atom. The third-order valence-corrected chi connectivity index (χ3v) is 20.4. The molecule has 0 heterocycles. The monoisotopic (exact) mass is 1320 g/mol. The van der Waals surface area contributed by atoms with E-state index in [4.69, 9.17) is 4.74 Å². The van der Waals surface area contributed by atoms with Gasteiger partial charge in [-0.15, -0.1) is 0 Å². The summed E-state index contributed by atoms with van der Waals surface area (Å²) in [6, 6.07) is -0.627. The van der Waals surface area contributed by atoms with Gasteiger partial charge in [-0.05, 0) is 64.2 Å². The van der Waals surface area contributed by atoms with Crippen LogP contribution in [0.15, 0.2) is 36.5 Å². The van der Waals surface area contributed by atoms with Crippen molar-refractivity contribution in [2.24, 2.45) is 0 Å². The van der Waals surface area contributed by atoms with Crippen molar-refractivity contribution in [2.45, 2.75) is 501 Å². The number of allylic oxidation sites excluding steroid dienone is 5. The standard InChI is InChI=1S/C88H169NO5/c1-3-5-7-9-11-13-15-17-19-21-23-41-45-48-52-56-60-64-68-72-76-80-86(91)85(84-90)89-87(92)81-77-73-69-65-61-57-53-49-46-42-39-37-35-33-31-29-27-25-24-26-28-30-32-34-36-38-40-43-47-51-55-59-63-67-71-75-79-83-94-88(93)82-78-74-70-66-62-58-54-50-44-22-20-18-16-14-12-10-8-6-4-2/h24,26,30,32,76,80,85-86,90-91H,3-23,25,27-29,31,33-75,77-79,81-84H2,1-2H3,(H,89,92)/b26-24-,32-30-,80-76+. The molecule has 0 aromatic heterocycles. The van der Waals surface area contributed by atoms with Crippen LogP contribution in [-0.2, 0) is 14.3 Å². The molecule has 6 heteroatoms. The molecule has 3 N–H and O–H groups in total. The molecule has 1 amide bonds. The third kappa shape index (κ3) is 79.1. The Balaban J connectivity index is 3.36. The lowest BCUT2D eigenvalue weighted by molar-refractivity contribution is -0.143. The van der Waals surface area contributed by atoms with Gasteiger partial charge in [-0.25, -0.2) is 0 Å². The quantitative estimate of drug-likeness (QED) is 0.0320. The Morgan fingerprint density at radius 3 is 0.809 bits per heavy atom. The highest BCUT2D eigenvalue weighted by Crippen LogP contribution is 2.20. The summed E-state index contributed by atoms with van der Waals surface area (Å²) in [5.41, 5.74) is 0. The maximum atomic E-state index is 12.6. The van der Waals surface area contributed by atoms with Crippen LogP contribution in [0.4, 0.5) is 0 Å². The maximum Gasteiger partial charge on any atom is 0.305 e. The summed E-state index contributed by atoms with van der Waals surface area (Å²) in [5.74, 6) is -0.0360. The molecule has 0 aromatic rings. The smallest absolute Gasteiger partial charge is 0.305 e. The van der Waals surface area contributed by atoms with Crippen LogP contribution in [0.5, 0.6) is 0 Å². The highest BCUT2D eigenvalue weighted by Gasteiger charge is 2.18. The predicted molar refractivity (Wildman–Crippen MR) is 416 cm³/mol. The average molecular weight is 1320 g/mol. The molecule has 0 spiro atoms. The van der Waals surface area contributed by atoms with Gasteiger partial charge in [0.15, 0.2) is 0 Å². The van der Waals surface area contributed by atoms with Gasteiger partial charge >= 0.3 is 5.97 Å². The number of ether oxygens (including phenoxy) is 1. The Labute approximate surface area is 589 Å². The van der Waals surface area contributed by atoms with Gasteiger partial charge in [0.2, 0.25) is 5.91 Å². The fourth-order valence-corrected chi connectivity index (χ4v) is 13.8. The fourth-order valence-electron chi connectivity index (χ4n) is 13.8. The van der Waals surface area contributed by atoms with E-state index in [1.807, 2.05) is 6.08 Å². The lowest BCUT2D eigenvalue weighted by Crippen LogP contribution is -2.45. The van der Waals surface area contributed by atoms with E-state index >= 15 is 0 Å². The van der Waals surface area contributed by atoms with Crippen molar-refractivity contribution in [1.82, 2.24) is 5.32 Å². The average Bonchev–Trinajstić information content (AvgIpc) is 3.64. The van der Waals surface area contributed by atoms with Gasteiger partial charge in [-0.1, -0.05) is 448 Å². The summed E-state index contributed by atoms with van der Waals surface area (Å²) < 4.78 is 5.52. The molecule has 2 unspecified atom stereocenters. The first-order valence-corrected chi connectivity index (χ1v) is 43.3. The van der Waals surface area contributed by atoms with E-state index in [0.717, 1.165) is 44.9 Å². The van der Waals surface area contributed by atoms with Gasteiger partial charge in [0.1, 0.15) is 0 Å². The van der Waals surface area contributed by atoms with E-state index in [-0.39, 0.29) is 18.5 Å². The van der Waals surface area contributed by atoms with Gasteiger partial charge in [-0.2, -0.15) is 0 Å². The van der Waals surface area contributed by atoms with Crippen LogP contribution >= 0.6 is 0 Å². The van der Waals surface area contributed by atoms with Crippen molar-refractivity contribution in [2.75, 3.05) is 13.2 Å². The van der Waals surface area contributed by atoms with Crippen LogP contribution in [0, 0.1) is 0 Å². The molecule has 0 aliphatic heterocycles. The van der Waals surface area contributed by atoms with E-state index in [1.54, 1.807) is 6.08 Å². The summed E-state index contributed by atoms with van der Waals surface area (Å²) in [7, 11) is 0. The van der Waals surface area contributed by atoms with Crippen molar-refractivity contribution in [3.63, 3.8) is 0 Å². The number of hydrogen-bond acceptors (Lipinski definition) is 5. The summed E-state index contributed by atoms with van der Waals surface area (Å²) in [6.45, 7) is 4.97. The zero-order valence-electron chi connectivity index (χ0n) is 64.0. The number of hydrogen-bond donors (Lipinski definition) is 3. The highest BCUT2D eigenvalue weighted by molar-refractivity contribution is 5.76. The maximum absolute atomic E-state index is 12.6. The van der Waals surface area contributed by atoms with Gasteiger partial charge in [0, 0.05) is 12.8 Å². The minimum absolute atomic E-state index is 0.0244. The summed E-state index contributed by atoms with van der Waals surface area (Å²) in [5, 5.41) is 23.3. The Kier molecular flexibility index (Phi) is 81.8. The first-order chi connectivity index (χ1) is 46.5. The van der Waals surface area contributed by atoms with E-state index in [2.05, 4.69) is 43.5 Å². The summed E-state index contributed by atoms with van der Waals surface area (Å²) in [6.07, 6.45) is 110. The summed E-state index contributed by atoms with van der Waals surface area (Å²) >= 11 is 0. The van der Waals surface area contributed by atoms with Crippen LogP contribution < -0.4 is 5.32 Å². The van der Waals surface area contributed by atoms with Crippen LogP contribution in [0.2, 0.25) is 0 Å². The lowest BCUT2D eigenvalue weighted by Gasteiger charge is -2.20. The minimum Gasteiger partial charge on any atom is -0.466 e. The van der Waals surface area contributed by atoms with Crippen LogP contribution in [0.25, 0.3) is 0 Å². The number of carbonyl (C=O) groups is 2. The van der Waals surface area contributed by atoms with Crippen molar-refractivity contribution < 1.29 is 24.5 Å². The topological polar surface area (TPSA) is 95.9 Å². The Hall–Kier alpha value is -1.92. The molecule has 0 radical (unpaired) electrons. The molecular formula is C88H169NO5. The molecule has 0 bridgehead atoms. The number of rotatable bonds is 82. The van der Waals surface area contributed by atoms with Crippen LogP contribution in [-0.4, -0.2) is 47.4 Å². The molecule has 0 aliphatic rings. The molecule has 6 nitrogen and oxygen atoms in total.